The van der Waals surface area contributed by atoms with E-state index in [1.54, 1.807) is 0 Å². The molecule has 1 spiro atoms. The third kappa shape index (κ3) is 1.91. The van der Waals surface area contributed by atoms with E-state index < -0.39 is 12.0 Å². The molecule has 0 radical (unpaired) electrons. The van der Waals surface area contributed by atoms with Gasteiger partial charge in [-0.25, -0.2) is 4.79 Å². The number of carbonyl (C=O) groups excluding carboxylic acids is 1. The highest BCUT2D eigenvalue weighted by Crippen LogP contribution is 2.42. The molecule has 0 aliphatic carbocycles. The maximum Gasteiger partial charge on any atom is 0.326 e. The number of carboxylic acids is 1. The van der Waals surface area contributed by atoms with Crippen LogP contribution < -0.4 is 0 Å². The zero-order chi connectivity index (χ0) is 11.8. The monoisotopic (exact) mass is 227 g/mol. The lowest BCUT2D eigenvalue weighted by Crippen LogP contribution is -2.39. The van der Waals surface area contributed by atoms with Gasteiger partial charge < -0.3 is 14.7 Å². The van der Waals surface area contributed by atoms with Crippen molar-refractivity contribution in [3.8, 4) is 0 Å². The van der Waals surface area contributed by atoms with E-state index in [2.05, 4.69) is 0 Å². The van der Waals surface area contributed by atoms with Crippen molar-refractivity contribution in [1.29, 1.82) is 0 Å². The molecule has 1 atom stereocenters. The van der Waals surface area contributed by atoms with Crippen molar-refractivity contribution >= 4 is 11.9 Å². The van der Waals surface area contributed by atoms with E-state index in [1.807, 2.05) is 0 Å². The largest absolute Gasteiger partial charge is 0.480 e. The van der Waals surface area contributed by atoms with E-state index in [4.69, 9.17) is 9.84 Å². The summed E-state index contributed by atoms with van der Waals surface area (Å²) in [5, 5.41) is 9.12. The molecule has 90 valence electrons. The van der Waals surface area contributed by atoms with Gasteiger partial charge in [-0.15, -0.1) is 0 Å². The first kappa shape index (κ1) is 11.4. The molecule has 1 amide bonds. The molecular weight excluding hydrogens is 210 g/mol. The standard InChI is InChI=1S/C11H17NO4/c1-8(13)12-7-11(2-4-16-5-3-11)6-9(12)10(14)15/h9H,2-7H2,1H3,(H,14,15). The summed E-state index contributed by atoms with van der Waals surface area (Å²) in [4.78, 5) is 24.0. The topological polar surface area (TPSA) is 66.8 Å². The maximum absolute atomic E-state index is 11.4. The van der Waals surface area contributed by atoms with Gasteiger partial charge in [-0.3, -0.25) is 4.79 Å². The van der Waals surface area contributed by atoms with Crippen LogP contribution in [0.25, 0.3) is 0 Å². The Balaban J connectivity index is 2.16. The quantitative estimate of drug-likeness (QED) is 0.708. The lowest BCUT2D eigenvalue weighted by atomic mass is 9.78. The summed E-state index contributed by atoms with van der Waals surface area (Å²) >= 11 is 0. The number of rotatable bonds is 1. The third-order valence-corrected chi connectivity index (χ3v) is 3.75. The Morgan fingerprint density at radius 2 is 2.00 bits per heavy atom. The second kappa shape index (κ2) is 4.05. The molecule has 1 unspecified atom stereocenters. The first-order valence-corrected chi connectivity index (χ1v) is 5.62. The van der Waals surface area contributed by atoms with Gasteiger partial charge in [0.15, 0.2) is 0 Å². The van der Waals surface area contributed by atoms with Gasteiger partial charge in [-0.1, -0.05) is 0 Å². The first-order valence-electron chi connectivity index (χ1n) is 5.62. The number of carboxylic acid groups (broad SMARTS) is 1. The summed E-state index contributed by atoms with van der Waals surface area (Å²) in [7, 11) is 0. The van der Waals surface area contributed by atoms with Crippen LogP contribution in [0.1, 0.15) is 26.2 Å². The Kier molecular flexibility index (Phi) is 2.88. The van der Waals surface area contributed by atoms with Gasteiger partial charge in [-0.05, 0) is 24.7 Å². The molecule has 2 heterocycles. The summed E-state index contributed by atoms with van der Waals surface area (Å²) in [6.45, 7) is 3.37. The summed E-state index contributed by atoms with van der Waals surface area (Å²) < 4.78 is 5.30. The van der Waals surface area contributed by atoms with Crippen LogP contribution in [0.15, 0.2) is 0 Å². The lowest BCUT2D eigenvalue weighted by Gasteiger charge is -2.32. The highest BCUT2D eigenvalue weighted by Gasteiger charge is 2.48. The molecule has 0 aromatic heterocycles. The van der Waals surface area contributed by atoms with Gasteiger partial charge in [0.25, 0.3) is 0 Å². The van der Waals surface area contributed by atoms with E-state index in [-0.39, 0.29) is 11.3 Å². The molecule has 5 nitrogen and oxygen atoms in total. The Bertz CT molecular complexity index is 285. The molecule has 2 aliphatic rings. The van der Waals surface area contributed by atoms with Gasteiger partial charge in [0.05, 0.1) is 0 Å². The van der Waals surface area contributed by atoms with Crippen LogP contribution in [0, 0.1) is 5.41 Å². The number of amides is 1. The smallest absolute Gasteiger partial charge is 0.326 e. The number of carbonyl (C=O) groups is 2. The Labute approximate surface area is 94.4 Å². The highest BCUT2D eigenvalue weighted by molar-refractivity contribution is 5.83. The fraction of sp³-hybridized carbons (Fsp3) is 0.818. The van der Waals surface area contributed by atoms with Crippen LogP contribution in [0.3, 0.4) is 0 Å². The van der Waals surface area contributed by atoms with Crippen LogP contribution in [0.5, 0.6) is 0 Å². The normalized spacial score (nSPS) is 28.3. The van der Waals surface area contributed by atoms with Crippen molar-refractivity contribution in [2.24, 2.45) is 5.41 Å². The summed E-state index contributed by atoms with van der Waals surface area (Å²) in [6.07, 6.45) is 2.30. The Hall–Kier alpha value is -1.10. The van der Waals surface area contributed by atoms with E-state index in [9.17, 15) is 9.59 Å². The molecule has 2 fully saturated rings. The fourth-order valence-corrected chi connectivity index (χ4v) is 2.77. The zero-order valence-corrected chi connectivity index (χ0v) is 9.44. The average Bonchev–Trinajstić information content (AvgIpc) is 2.59. The average molecular weight is 227 g/mol. The molecule has 2 saturated heterocycles. The van der Waals surface area contributed by atoms with E-state index in [0.29, 0.717) is 26.2 Å². The third-order valence-electron chi connectivity index (χ3n) is 3.75. The van der Waals surface area contributed by atoms with Crippen molar-refractivity contribution in [2.75, 3.05) is 19.8 Å². The Morgan fingerprint density at radius 1 is 1.38 bits per heavy atom. The minimum atomic E-state index is -0.890. The van der Waals surface area contributed by atoms with Crippen LogP contribution in [0.4, 0.5) is 0 Å². The predicted molar refractivity (Wildman–Crippen MR) is 55.9 cm³/mol. The number of ether oxygens (including phenoxy) is 1. The van der Waals surface area contributed by atoms with Crippen LogP contribution in [-0.4, -0.2) is 47.7 Å². The maximum atomic E-state index is 11.4. The van der Waals surface area contributed by atoms with Crippen molar-refractivity contribution in [3.05, 3.63) is 0 Å². The molecule has 2 rings (SSSR count). The molecule has 0 aromatic carbocycles. The second-order valence-electron chi connectivity index (χ2n) is 4.82. The van der Waals surface area contributed by atoms with Crippen molar-refractivity contribution < 1.29 is 19.4 Å². The minimum absolute atomic E-state index is 0.0209. The van der Waals surface area contributed by atoms with Crippen molar-refractivity contribution in [2.45, 2.75) is 32.2 Å². The van der Waals surface area contributed by atoms with Gasteiger partial charge in [0.2, 0.25) is 5.91 Å². The van der Waals surface area contributed by atoms with Gasteiger partial charge >= 0.3 is 5.97 Å². The van der Waals surface area contributed by atoms with E-state index >= 15 is 0 Å². The predicted octanol–water partition coefficient (Wildman–Crippen LogP) is 0.489. The van der Waals surface area contributed by atoms with Gasteiger partial charge in [0, 0.05) is 26.7 Å². The lowest BCUT2D eigenvalue weighted by molar-refractivity contribution is -0.147. The molecule has 0 bridgehead atoms. The fourth-order valence-electron chi connectivity index (χ4n) is 2.77. The molecule has 5 heteroatoms. The van der Waals surface area contributed by atoms with E-state index in [0.717, 1.165) is 12.8 Å². The molecule has 1 N–H and O–H groups in total. The summed E-state index contributed by atoms with van der Waals surface area (Å²) in [5.74, 6) is -1.03. The number of nitrogens with zero attached hydrogens (tertiary/aromatic N) is 1. The Morgan fingerprint density at radius 3 is 2.44 bits per heavy atom. The van der Waals surface area contributed by atoms with Crippen molar-refractivity contribution in [3.63, 3.8) is 0 Å². The van der Waals surface area contributed by atoms with Crippen LogP contribution in [0.2, 0.25) is 0 Å². The van der Waals surface area contributed by atoms with Crippen molar-refractivity contribution in [1.82, 2.24) is 4.90 Å². The summed E-state index contributed by atoms with van der Waals surface area (Å²) in [6, 6.07) is -0.643. The van der Waals surface area contributed by atoms with Gasteiger partial charge in [0.1, 0.15) is 6.04 Å². The number of likely N-dealkylation sites (tertiary alicyclic amines) is 1. The van der Waals surface area contributed by atoms with Crippen LogP contribution >= 0.6 is 0 Å². The second-order valence-corrected chi connectivity index (χ2v) is 4.82. The zero-order valence-electron chi connectivity index (χ0n) is 9.44. The van der Waals surface area contributed by atoms with Gasteiger partial charge in [-0.2, -0.15) is 0 Å². The molecular formula is C11H17NO4. The van der Waals surface area contributed by atoms with Crippen LogP contribution in [-0.2, 0) is 14.3 Å². The van der Waals surface area contributed by atoms with E-state index in [1.165, 1.54) is 11.8 Å². The SMILES string of the molecule is CC(=O)N1CC2(CCOCC2)CC1C(=O)O. The minimum Gasteiger partial charge on any atom is -0.480 e. The molecule has 2 aliphatic heterocycles. The number of hydrogen-bond acceptors (Lipinski definition) is 3. The molecule has 0 aromatic rings. The first-order chi connectivity index (χ1) is 7.54. The number of aliphatic carboxylic acids is 1. The summed E-state index contributed by atoms with van der Waals surface area (Å²) in [5.41, 5.74) is -0.0209. The molecule has 16 heavy (non-hydrogen) atoms. The number of hydrogen-bond donors (Lipinski definition) is 1. The highest BCUT2D eigenvalue weighted by atomic mass is 16.5. The molecule has 0 saturated carbocycles.